The first kappa shape index (κ1) is 24.3. The Morgan fingerprint density at radius 1 is 0.939 bits per heavy atom. The fourth-order valence-electron chi connectivity index (χ4n) is 3.35. The van der Waals surface area contributed by atoms with Crippen LogP contribution in [0.3, 0.4) is 0 Å². The lowest BCUT2D eigenvalue weighted by Crippen LogP contribution is -2.34. The van der Waals surface area contributed by atoms with Gasteiger partial charge in [-0.15, -0.1) is 0 Å². The molecule has 3 aromatic rings. The first-order valence-electron chi connectivity index (χ1n) is 10.7. The van der Waals surface area contributed by atoms with E-state index in [0.29, 0.717) is 30.2 Å². The van der Waals surface area contributed by atoms with Crippen LogP contribution in [0.4, 0.5) is 5.69 Å². The van der Waals surface area contributed by atoms with Crippen molar-refractivity contribution in [1.82, 2.24) is 10.2 Å². The number of carbonyl (C=O) groups is 1. The number of carbonyl (C=O) groups excluding carboxylic acids is 1. The highest BCUT2D eigenvalue weighted by Crippen LogP contribution is 2.20. The Bertz CT molecular complexity index is 1150. The molecule has 1 amide bonds. The van der Waals surface area contributed by atoms with Crippen molar-refractivity contribution in [3.63, 3.8) is 0 Å². The standard InChI is InChI=1S/C25H29N3O4S/c1-4-32-22-14-12-21(13-15-22)27-33(30,31)23-16-10-20(11-17-23)25(29)26-18-24(28(2)3)19-8-6-5-7-9-19/h5-17,24,27H,4,18H2,1-3H3,(H,26,29)/t24-/m1/s1. The number of amides is 1. The van der Waals surface area contributed by atoms with E-state index in [1.807, 2.05) is 56.3 Å². The maximum absolute atomic E-state index is 12.7. The molecular weight excluding hydrogens is 438 g/mol. The second-order valence-electron chi connectivity index (χ2n) is 7.69. The average molecular weight is 468 g/mol. The molecule has 0 unspecified atom stereocenters. The number of benzene rings is 3. The summed E-state index contributed by atoms with van der Waals surface area (Å²) in [6, 6.07) is 22.5. The zero-order valence-electron chi connectivity index (χ0n) is 19.0. The molecule has 0 aliphatic rings. The van der Waals surface area contributed by atoms with Crippen LogP contribution in [0.25, 0.3) is 0 Å². The highest BCUT2D eigenvalue weighted by Gasteiger charge is 2.18. The number of nitrogens with one attached hydrogen (secondary N) is 2. The molecule has 0 radical (unpaired) electrons. The number of nitrogens with zero attached hydrogens (tertiary/aromatic N) is 1. The molecular formula is C25H29N3O4S. The average Bonchev–Trinajstić information content (AvgIpc) is 2.81. The topological polar surface area (TPSA) is 87.7 Å². The van der Waals surface area contributed by atoms with Gasteiger partial charge in [0.15, 0.2) is 0 Å². The third kappa shape index (κ3) is 6.57. The highest BCUT2D eigenvalue weighted by molar-refractivity contribution is 7.92. The summed E-state index contributed by atoms with van der Waals surface area (Å²) in [7, 11) is 0.135. The molecule has 174 valence electrons. The number of hydrogen-bond acceptors (Lipinski definition) is 5. The molecule has 1 atom stereocenters. The van der Waals surface area contributed by atoms with Crippen molar-refractivity contribution in [3.05, 3.63) is 90.0 Å². The van der Waals surface area contributed by atoms with E-state index in [1.165, 1.54) is 24.3 Å². The quantitative estimate of drug-likeness (QED) is 0.472. The van der Waals surface area contributed by atoms with Crippen molar-refractivity contribution in [2.24, 2.45) is 0 Å². The van der Waals surface area contributed by atoms with E-state index in [-0.39, 0.29) is 16.8 Å². The van der Waals surface area contributed by atoms with Gasteiger partial charge in [-0.3, -0.25) is 9.52 Å². The molecule has 0 saturated carbocycles. The first-order chi connectivity index (χ1) is 15.8. The predicted molar refractivity (Wildman–Crippen MR) is 130 cm³/mol. The molecule has 2 N–H and O–H groups in total. The Labute approximate surface area is 195 Å². The van der Waals surface area contributed by atoms with Crippen LogP contribution in [-0.4, -0.2) is 46.5 Å². The molecule has 0 aliphatic carbocycles. The van der Waals surface area contributed by atoms with Crippen LogP contribution in [0, 0.1) is 0 Å². The molecule has 3 aromatic carbocycles. The summed E-state index contributed by atoms with van der Waals surface area (Å²) < 4.78 is 33.3. The molecule has 8 heteroatoms. The van der Waals surface area contributed by atoms with Gasteiger partial charge in [-0.25, -0.2) is 8.42 Å². The SMILES string of the molecule is CCOc1ccc(NS(=O)(=O)c2ccc(C(=O)NC[C@H](c3ccccc3)N(C)C)cc2)cc1. The molecule has 0 aliphatic heterocycles. The minimum atomic E-state index is -3.78. The Balaban J connectivity index is 1.64. The van der Waals surface area contributed by atoms with E-state index in [4.69, 9.17) is 4.74 Å². The van der Waals surface area contributed by atoms with Crippen LogP contribution in [0.15, 0.2) is 83.8 Å². The first-order valence-corrected chi connectivity index (χ1v) is 12.1. The van der Waals surface area contributed by atoms with Gasteiger partial charge in [0.1, 0.15) is 5.75 Å². The monoisotopic (exact) mass is 467 g/mol. The fraction of sp³-hybridized carbons (Fsp3) is 0.240. The van der Waals surface area contributed by atoms with Crippen molar-refractivity contribution < 1.29 is 17.9 Å². The third-order valence-corrected chi connectivity index (χ3v) is 6.51. The van der Waals surface area contributed by atoms with E-state index >= 15 is 0 Å². The maximum atomic E-state index is 12.7. The summed E-state index contributed by atoms with van der Waals surface area (Å²) in [4.78, 5) is 14.7. The van der Waals surface area contributed by atoms with E-state index in [1.54, 1.807) is 24.3 Å². The van der Waals surface area contributed by atoms with Crippen LogP contribution < -0.4 is 14.8 Å². The molecule has 0 spiro atoms. The van der Waals surface area contributed by atoms with Crippen molar-refractivity contribution in [3.8, 4) is 5.75 Å². The summed E-state index contributed by atoms with van der Waals surface area (Å²) in [5, 5.41) is 2.93. The van der Waals surface area contributed by atoms with E-state index in [9.17, 15) is 13.2 Å². The van der Waals surface area contributed by atoms with Gasteiger partial charge < -0.3 is 15.0 Å². The number of likely N-dealkylation sites (N-methyl/N-ethyl adjacent to an activating group) is 1. The molecule has 33 heavy (non-hydrogen) atoms. The lowest BCUT2D eigenvalue weighted by Gasteiger charge is -2.25. The van der Waals surface area contributed by atoms with Gasteiger partial charge in [-0.1, -0.05) is 30.3 Å². The Morgan fingerprint density at radius 2 is 1.58 bits per heavy atom. The van der Waals surface area contributed by atoms with Gasteiger partial charge in [0.05, 0.1) is 17.5 Å². The summed E-state index contributed by atoms with van der Waals surface area (Å²) in [5.74, 6) is 0.404. The van der Waals surface area contributed by atoms with Crippen molar-refractivity contribution in [2.45, 2.75) is 17.9 Å². The number of sulfonamides is 1. The van der Waals surface area contributed by atoms with Gasteiger partial charge in [-0.2, -0.15) is 0 Å². The second kappa shape index (κ2) is 11.0. The van der Waals surface area contributed by atoms with Gasteiger partial charge in [0, 0.05) is 17.8 Å². The minimum Gasteiger partial charge on any atom is -0.494 e. The normalized spacial score (nSPS) is 12.2. The third-order valence-electron chi connectivity index (χ3n) is 5.11. The number of rotatable bonds is 10. The van der Waals surface area contributed by atoms with Crippen LogP contribution in [-0.2, 0) is 10.0 Å². The molecule has 0 aromatic heterocycles. The molecule has 0 heterocycles. The van der Waals surface area contributed by atoms with Crippen molar-refractivity contribution >= 4 is 21.6 Å². The number of anilines is 1. The largest absolute Gasteiger partial charge is 0.494 e. The number of hydrogen-bond donors (Lipinski definition) is 2. The number of ether oxygens (including phenoxy) is 1. The zero-order valence-corrected chi connectivity index (χ0v) is 19.8. The van der Waals surface area contributed by atoms with E-state index in [2.05, 4.69) is 10.0 Å². The van der Waals surface area contributed by atoms with E-state index in [0.717, 1.165) is 5.56 Å². The summed E-state index contributed by atoms with van der Waals surface area (Å²) in [6.45, 7) is 2.84. The summed E-state index contributed by atoms with van der Waals surface area (Å²) >= 11 is 0. The Morgan fingerprint density at radius 3 is 2.15 bits per heavy atom. The molecule has 0 bridgehead atoms. The summed E-state index contributed by atoms with van der Waals surface area (Å²) in [6.07, 6.45) is 0. The predicted octanol–water partition coefficient (Wildman–Crippen LogP) is 3.92. The van der Waals surface area contributed by atoms with E-state index < -0.39 is 10.0 Å². The zero-order chi connectivity index (χ0) is 23.8. The lowest BCUT2D eigenvalue weighted by atomic mass is 10.1. The molecule has 0 fully saturated rings. The Hall–Kier alpha value is -3.36. The van der Waals surface area contributed by atoms with Gasteiger partial charge >= 0.3 is 0 Å². The summed E-state index contributed by atoms with van der Waals surface area (Å²) in [5.41, 5.74) is 1.92. The lowest BCUT2D eigenvalue weighted by molar-refractivity contribution is 0.0942. The maximum Gasteiger partial charge on any atom is 0.261 e. The fourth-order valence-corrected chi connectivity index (χ4v) is 4.41. The van der Waals surface area contributed by atoms with Crippen molar-refractivity contribution in [1.29, 1.82) is 0 Å². The molecule has 0 saturated heterocycles. The molecule has 7 nitrogen and oxygen atoms in total. The van der Waals surface area contributed by atoms with Crippen LogP contribution in [0.1, 0.15) is 28.9 Å². The van der Waals surface area contributed by atoms with Crippen LogP contribution in [0.2, 0.25) is 0 Å². The smallest absolute Gasteiger partial charge is 0.261 e. The molecule has 3 rings (SSSR count). The van der Waals surface area contributed by atoms with Crippen LogP contribution >= 0.6 is 0 Å². The minimum absolute atomic E-state index is 0.0214. The Kier molecular flexibility index (Phi) is 8.08. The van der Waals surface area contributed by atoms with Gasteiger partial charge in [0.25, 0.3) is 15.9 Å². The van der Waals surface area contributed by atoms with Crippen LogP contribution in [0.5, 0.6) is 5.75 Å². The van der Waals surface area contributed by atoms with Crippen molar-refractivity contribution in [2.75, 3.05) is 32.0 Å². The van der Waals surface area contributed by atoms with Gasteiger partial charge in [-0.05, 0) is 75.1 Å². The second-order valence-corrected chi connectivity index (χ2v) is 9.37. The van der Waals surface area contributed by atoms with Gasteiger partial charge in [0.2, 0.25) is 0 Å². The highest BCUT2D eigenvalue weighted by atomic mass is 32.2.